The lowest BCUT2D eigenvalue weighted by molar-refractivity contribution is -0.133. The number of rotatable bonds is 3. The van der Waals surface area contributed by atoms with Crippen LogP contribution < -0.4 is 5.56 Å². The Kier molecular flexibility index (Phi) is 3.82. The number of hydrogen-bond acceptors (Lipinski definition) is 3. The van der Waals surface area contributed by atoms with E-state index in [0.29, 0.717) is 11.9 Å². The van der Waals surface area contributed by atoms with Gasteiger partial charge in [-0.1, -0.05) is 25.1 Å². The van der Waals surface area contributed by atoms with Crippen LogP contribution in [0.15, 0.2) is 35.3 Å². The maximum absolute atomic E-state index is 13.1. The summed E-state index contributed by atoms with van der Waals surface area (Å²) in [5.41, 5.74) is 1.32. The summed E-state index contributed by atoms with van der Waals surface area (Å²) in [6, 6.07) is 7.50. The van der Waals surface area contributed by atoms with Crippen LogP contribution in [0.4, 0.5) is 0 Å². The zero-order chi connectivity index (χ0) is 17.6. The van der Waals surface area contributed by atoms with Crippen LogP contribution in [0.2, 0.25) is 0 Å². The van der Waals surface area contributed by atoms with Gasteiger partial charge in [0.15, 0.2) is 0 Å². The number of benzene rings is 1. The van der Waals surface area contributed by atoms with Crippen LogP contribution >= 0.6 is 0 Å². The normalized spacial score (nSPS) is 16.0. The summed E-state index contributed by atoms with van der Waals surface area (Å²) in [6.07, 6.45) is 4.49. The van der Waals surface area contributed by atoms with E-state index in [1.807, 2.05) is 40.7 Å². The fourth-order valence-electron chi connectivity index (χ4n) is 3.93. The zero-order valence-corrected chi connectivity index (χ0v) is 14.6. The lowest BCUT2D eigenvalue weighted by atomic mass is 10.1. The predicted molar refractivity (Wildman–Crippen MR) is 97.6 cm³/mol. The topological polar surface area (TPSA) is 60.1 Å². The maximum Gasteiger partial charge on any atom is 0.291 e. The Morgan fingerprint density at radius 2 is 1.92 bits per heavy atom. The first-order valence-corrected chi connectivity index (χ1v) is 8.87. The first kappa shape index (κ1) is 15.9. The van der Waals surface area contributed by atoms with E-state index in [0.717, 1.165) is 42.2 Å². The number of carbonyl (C=O) groups is 1. The molecule has 0 saturated carbocycles. The summed E-state index contributed by atoms with van der Waals surface area (Å²) in [5, 5.41) is 5.95. The lowest BCUT2D eigenvalue weighted by Crippen LogP contribution is -2.36. The second-order valence-electron chi connectivity index (χ2n) is 6.68. The van der Waals surface area contributed by atoms with Crippen LogP contribution in [-0.2, 0) is 11.8 Å². The van der Waals surface area contributed by atoms with Crippen molar-refractivity contribution in [3.05, 3.63) is 40.8 Å². The third kappa shape index (κ3) is 2.35. The molecule has 25 heavy (non-hydrogen) atoms. The minimum atomic E-state index is -0.365. The van der Waals surface area contributed by atoms with E-state index >= 15 is 0 Å². The number of aromatic nitrogens is 3. The zero-order valence-electron chi connectivity index (χ0n) is 14.6. The van der Waals surface area contributed by atoms with Gasteiger partial charge in [-0.15, -0.1) is 0 Å². The molecule has 1 unspecified atom stereocenters. The van der Waals surface area contributed by atoms with Crippen LogP contribution in [0, 0.1) is 0 Å². The number of amides is 1. The van der Waals surface area contributed by atoms with E-state index in [2.05, 4.69) is 5.10 Å². The van der Waals surface area contributed by atoms with Crippen molar-refractivity contribution >= 4 is 27.7 Å². The SMILES string of the molecule is CCC(C(=O)N1CCCC1)n1c2ccccc2c2cnn(C)c(=O)c21. The molecule has 0 aliphatic carbocycles. The lowest BCUT2D eigenvalue weighted by Gasteiger charge is -2.24. The first-order valence-electron chi connectivity index (χ1n) is 8.87. The molecule has 1 amide bonds. The number of likely N-dealkylation sites (tertiary alicyclic amines) is 1. The van der Waals surface area contributed by atoms with E-state index in [9.17, 15) is 9.59 Å². The maximum atomic E-state index is 13.1. The molecule has 2 aromatic heterocycles. The van der Waals surface area contributed by atoms with Gasteiger partial charge in [0.05, 0.1) is 11.7 Å². The highest BCUT2D eigenvalue weighted by molar-refractivity contribution is 6.08. The van der Waals surface area contributed by atoms with Gasteiger partial charge in [-0.25, -0.2) is 4.68 Å². The molecule has 1 saturated heterocycles. The van der Waals surface area contributed by atoms with Gasteiger partial charge in [0, 0.05) is 30.9 Å². The number of carbonyl (C=O) groups excluding carboxylic acids is 1. The van der Waals surface area contributed by atoms with E-state index in [1.165, 1.54) is 4.68 Å². The monoisotopic (exact) mass is 338 g/mol. The Bertz CT molecular complexity index is 1010. The van der Waals surface area contributed by atoms with Crippen molar-refractivity contribution in [1.29, 1.82) is 0 Å². The van der Waals surface area contributed by atoms with Gasteiger partial charge in [-0.05, 0) is 25.3 Å². The molecule has 1 aliphatic heterocycles. The second kappa shape index (κ2) is 6.02. The van der Waals surface area contributed by atoms with Crippen molar-refractivity contribution in [3.8, 4) is 0 Å². The molecule has 1 aromatic carbocycles. The summed E-state index contributed by atoms with van der Waals surface area (Å²) in [5.74, 6) is 0.113. The van der Waals surface area contributed by atoms with Gasteiger partial charge >= 0.3 is 0 Å². The first-order chi connectivity index (χ1) is 12.1. The Morgan fingerprint density at radius 1 is 1.20 bits per heavy atom. The molecule has 6 heteroatoms. The Balaban J connectivity index is 2.02. The molecule has 130 valence electrons. The van der Waals surface area contributed by atoms with Crippen molar-refractivity contribution in [2.45, 2.75) is 32.2 Å². The fourth-order valence-corrected chi connectivity index (χ4v) is 3.93. The molecule has 3 heterocycles. The molecule has 0 radical (unpaired) electrons. The number of para-hydroxylation sites is 1. The van der Waals surface area contributed by atoms with Crippen LogP contribution in [0.1, 0.15) is 32.2 Å². The van der Waals surface area contributed by atoms with Gasteiger partial charge < -0.3 is 9.47 Å². The van der Waals surface area contributed by atoms with E-state index in [4.69, 9.17) is 0 Å². The number of nitrogens with zero attached hydrogens (tertiary/aromatic N) is 4. The molecule has 6 nitrogen and oxygen atoms in total. The van der Waals surface area contributed by atoms with Crippen molar-refractivity contribution in [3.63, 3.8) is 0 Å². The smallest absolute Gasteiger partial charge is 0.291 e. The van der Waals surface area contributed by atoms with Crippen molar-refractivity contribution in [2.75, 3.05) is 13.1 Å². The van der Waals surface area contributed by atoms with Crippen molar-refractivity contribution < 1.29 is 4.79 Å². The Labute approximate surface area is 145 Å². The fraction of sp³-hybridized carbons (Fsp3) is 0.421. The Hall–Kier alpha value is -2.63. The molecule has 1 aliphatic rings. The van der Waals surface area contributed by atoms with Crippen LogP contribution in [0.5, 0.6) is 0 Å². The summed E-state index contributed by atoms with van der Waals surface area (Å²) in [7, 11) is 1.65. The van der Waals surface area contributed by atoms with Crippen molar-refractivity contribution in [2.24, 2.45) is 7.05 Å². The van der Waals surface area contributed by atoms with Crippen LogP contribution in [0.3, 0.4) is 0 Å². The number of fused-ring (bicyclic) bond motifs is 3. The third-order valence-electron chi connectivity index (χ3n) is 5.21. The van der Waals surface area contributed by atoms with Crippen molar-refractivity contribution in [1.82, 2.24) is 19.2 Å². The molecular formula is C19H22N4O2. The Morgan fingerprint density at radius 3 is 2.64 bits per heavy atom. The second-order valence-corrected chi connectivity index (χ2v) is 6.68. The van der Waals surface area contributed by atoms with Crippen LogP contribution in [0.25, 0.3) is 21.8 Å². The molecule has 1 fully saturated rings. The van der Waals surface area contributed by atoms with Gasteiger partial charge in [-0.2, -0.15) is 5.10 Å². The molecule has 1 atom stereocenters. The quantitative estimate of drug-likeness (QED) is 0.737. The van der Waals surface area contributed by atoms with E-state index in [-0.39, 0.29) is 17.5 Å². The average Bonchev–Trinajstić information content (AvgIpc) is 3.26. The molecule has 3 aromatic rings. The average molecular weight is 338 g/mol. The third-order valence-corrected chi connectivity index (χ3v) is 5.21. The highest BCUT2D eigenvalue weighted by atomic mass is 16.2. The van der Waals surface area contributed by atoms with Crippen LogP contribution in [-0.4, -0.2) is 38.2 Å². The highest BCUT2D eigenvalue weighted by Crippen LogP contribution is 2.32. The summed E-state index contributed by atoms with van der Waals surface area (Å²) in [4.78, 5) is 27.9. The molecular weight excluding hydrogens is 316 g/mol. The largest absolute Gasteiger partial charge is 0.341 e. The summed E-state index contributed by atoms with van der Waals surface area (Å²) >= 11 is 0. The molecule has 0 spiro atoms. The van der Waals surface area contributed by atoms with Gasteiger partial charge in [-0.3, -0.25) is 9.59 Å². The van der Waals surface area contributed by atoms with Gasteiger partial charge in [0.25, 0.3) is 5.56 Å². The van der Waals surface area contributed by atoms with E-state index < -0.39 is 0 Å². The molecule has 0 N–H and O–H groups in total. The summed E-state index contributed by atoms with van der Waals surface area (Å²) in [6.45, 7) is 3.63. The van der Waals surface area contributed by atoms with Gasteiger partial charge in [0.2, 0.25) is 5.91 Å². The standard InChI is InChI=1S/C19H22N4O2/c1-3-15(18(24)22-10-6-7-11-22)23-16-9-5-4-8-13(16)14-12-20-21(2)19(25)17(14)23/h4-5,8-9,12,15H,3,6-7,10-11H2,1-2H3. The summed E-state index contributed by atoms with van der Waals surface area (Å²) < 4.78 is 3.28. The minimum Gasteiger partial charge on any atom is -0.341 e. The van der Waals surface area contributed by atoms with Gasteiger partial charge in [0.1, 0.15) is 11.6 Å². The minimum absolute atomic E-state index is 0.113. The molecule has 0 bridgehead atoms. The van der Waals surface area contributed by atoms with E-state index in [1.54, 1.807) is 13.2 Å². The molecule has 4 rings (SSSR count). The highest BCUT2D eigenvalue weighted by Gasteiger charge is 2.29. The predicted octanol–water partition coefficient (Wildman–Crippen LogP) is 2.46. The number of hydrogen-bond donors (Lipinski definition) is 0. The number of aryl methyl sites for hydroxylation is 1.